The highest BCUT2D eigenvalue weighted by Crippen LogP contribution is 2.32. The lowest BCUT2D eigenvalue weighted by atomic mass is 9.99. The number of aromatic nitrogens is 2. The molecule has 0 unspecified atom stereocenters. The molecule has 0 radical (unpaired) electrons. The number of carbonyl (C=O) groups excluding carboxylic acids is 1. The maximum absolute atomic E-state index is 12.6. The third kappa shape index (κ3) is 3.08. The zero-order valence-electron chi connectivity index (χ0n) is 14.2. The van der Waals surface area contributed by atoms with Crippen molar-refractivity contribution in [1.29, 1.82) is 0 Å². The average Bonchev–Trinajstić information content (AvgIpc) is 2.76. The van der Waals surface area contributed by atoms with Crippen LogP contribution in [0.1, 0.15) is 47.1 Å². The first-order chi connectivity index (χ1) is 11.1. The van der Waals surface area contributed by atoms with E-state index in [4.69, 9.17) is 0 Å². The van der Waals surface area contributed by atoms with Crippen LogP contribution in [0, 0.1) is 24.0 Å². The summed E-state index contributed by atoms with van der Waals surface area (Å²) in [5, 5.41) is 27.8. The van der Waals surface area contributed by atoms with Crippen LogP contribution in [0.2, 0.25) is 0 Å². The van der Waals surface area contributed by atoms with E-state index >= 15 is 0 Å². The largest absolute Gasteiger partial charge is 0.508 e. The normalized spacial score (nSPS) is 10.9. The smallest absolute Gasteiger partial charge is 0.322 e. The SMILES string of the molecule is Cc1cc(O)c(C(C)C)cc1NC(=O)c1c([N+](=O)[O-])c(C)nn1C. The van der Waals surface area contributed by atoms with Gasteiger partial charge in [-0.15, -0.1) is 0 Å². The first kappa shape index (κ1) is 17.5. The highest BCUT2D eigenvalue weighted by Gasteiger charge is 2.29. The number of phenolic OH excluding ortho intramolecular Hbond substituents is 1. The van der Waals surface area contributed by atoms with E-state index in [2.05, 4.69) is 10.4 Å². The molecule has 0 saturated carbocycles. The summed E-state index contributed by atoms with van der Waals surface area (Å²) in [4.78, 5) is 23.1. The second-order valence-corrected chi connectivity index (χ2v) is 6.00. The van der Waals surface area contributed by atoms with Gasteiger partial charge in [0.15, 0.2) is 0 Å². The summed E-state index contributed by atoms with van der Waals surface area (Å²) < 4.78 is 1.20. The van der Waals surface area contributed by atoms with Crippen molar-refractivity contribution < 1.29 is 14.8 Å². The number of hydrogen-bond acceptors (Lipinski definition) is 5. The van der Waals surface area contributed by atoms with E-state index in [-0.39, 0.29) is 28.7 Å². The lowest BCUT2D eigenvalue weighted by molar-refractivity contribution is -0.385. The number of aromatic hydroxyl groups is 1. The molecule has 0 spiro atoms. The first-order valence-corrected chi connectivity index (χ1v) is 7.46. The Morgan fingerprint density at radius 2 is 2.00 bits per heavy atom. The van der Waals surface area contributed by atoms with Gasteiger partial charge in [0.2, 0.25) is 5.69 Å². The summed E-state index contributed by atoms with van der Waals surface area (Å²) in [6, 6.07) is 3.25. The number of anilines is 1. The van der Waals surface area contributed by atoms with E-state index in [1.54, 1.807) is 19.1 Å². The maximum atomic E-state index is 12.6. The molecule has 24 heavy (non-hydrogen) atoms. The summed E-state index contributed by atoms with van der Waals surface area (Å²) in [5.41, 5.74) is 1.59. The molecule has 1 amide bonds. The number of nitrogens with one attached hydrogen (secondary N) is 1. The Kier molecular flexibility index (Phi) is 4.59. The van der Waals surface area contributed by atoms with Gasteiger partial charge in [-0.25, -0.2) is 0 Å². The molecule has 0 aliphatic heterocycles. The fraction of sp³-hybridized carbons (Fsp3) is 0.375. The number of nitro groups is 1. The van der Waals surface area contributed by atoms with Crippen LogP contribution in [0.25, 0.3) is 0 Å². The highest BCUT2D eigenvalue weighted by molar-refractivity contribution is 6.06. The lowest BCUT2D eigenvalue weighted by Crippen LogP contribution is -2.18. The Hall–Kier alpha value is -2.90. The van der Waals surface area contributed by atoms with Gasteiger partial charge in [-0.2, -0.15) is 5.10 Å². The molecule has 2 rings (SSSR count). The van der Waals surface area contributed by atoms with Crippen molar-refractivity contribution in [3.63, 3.8) is 0 Å². The van der Waals surface area contributed by atoms with Crippen LogP contribution in [0.15, 0.2) is 12.1 Å². The number of phenols is 1. The molecule has 8 nitrogen and oxygen atoms in total. The monoisotopic (exact) mass is 332 g/mol. The van der Waals surface area contributed by atoms with Gasteiger partial charge < -0.3 is 10.4 Å². The third-order valence-electron chi connectivity index (χ3n) is 3.83. The van der Waals surface area contributed by atoms with Gasteiger partial charge in [-0.1, -0.05) is 13.8 Å². The minimum atomic E-state index is -0.617. The van der Waals surface area contributed by atoms with Gasteiger partial charge in [0, 0.05) is 12.7 Å². The minimum absolute atomic E-state index is 0.0644. The van der Waals surface area contributed by atoms with Gasteiger partial charge in [-0.05, 0) is 43.0 Å². The zero-order valence-corrected chi connectivity index (χ0v) is 14.2. The summed E-state index contributed by atoms with van der Waals surface area (Å²) >= 11 is 0. The van der Waals surface area contributed by atoms with Crippen molar-refractivity contribution in [3.8, 4) is 5.75 Å². The van der Waals surface area contributed by atoms with E-state index in [9.17, 15) is 20.0 Å². The minimum Gasteiger partial charge on any atom is -0.508 e. The van der Waals surface area contributed by atoms with Crippen molar-refractivity contribution in [1.82, 2.24) is 9.78 Å². The molecule has 128 valence electrons. The Balaban J connectivity index is 2.45. The molecule has 0 aliphatic rings. The molecule has 0 atom stereocenters. The van der Waals surface area contributed by atoms with E-state index in [1.807, 2.05) is 13.8 Å². The number of hydrogen-bond donors (Lipinski definition) is 2. The van der Waals surface area contributed by atoms with Crippen LogP contribution in [0.5, 0.6) is 5.75 Å². The summed E-state index contributed by atoms with van der Waals surface area (Å²) in [6.07, 6.45) is 0. The van der Waals surface area contributed by atoms with Crippen molar-refractivity contribution in [2.45, 2.75) is 33.6 Å². The lowest BCUT2D eigenvalue weighted by Gasteiger charge is -2.14. The van der Waals surface area contributed by atoms with Crippen LogP contribution in [0.4, 0.5) is 11.4 Å². The molecule has 0 saturated heterocycles. The van der Waals surface area contributed by atoms with Crippen LogP contribution < -0.4 is 5.32 Å². The van der Waals surface area contributed by atoms with E-state index in [1.165, 1.54) is 18.7 Å². The molecule has 2 aromatic rings. The van der Waals surface area contributed by atoms with Gasteiger partial charge in [0.1, 0.15) is 11.4 Å². The number of aryl methyl sites for hydroxylation is 3. The Labute approximate surface area is 139 Å². The molecular formula is C16H20N4O4. The van der Waals surface area contributed by atoms with Gasteiger partial charge in [0.25, 0.3) is 5.91 Å². The van der Waals surface area contributed by atoms with Crippen LogP contribution >= 0.6 is 0 Å². The molecular weight excluding hydrogens is 312 g/mol. The van der Waals surface area contributed by atoms with E-state index < -0.39 is 10.8 Å². The van der Waals surface area contributed by atoms with E-state index in [0.29, 0.717) is 16.8 Å². The Morgan fingerprint density at radius 3 is 2.54 bits per heavy atom. The Morgan fingerprint density at radius 1 is 1.38 bits per heavy atom. The zero-order chi connectivity index (χ0) is 18.2. The molecule has 1 aromatic carbocycles. The Bertz CT molecular complexity index is 824. The molecule has 2 N–H and O–H groups in total. The van der Waals surface area contributed by atoms with Crippen LogP contribution in [-0.2, 0) is 7.05 Å². The van der Waals surface area contributed by atoms with E-state index in [0.717, 1.165) is 0 Å². The molecule has 0 bridgehead atoms. The van der Waals surface area contributed by atoms with Gasteiger partial charge >= 0.3 is 5.69 Å². The third-order valence-corrected chi connectivity index (χ3v) is 3.83. The van der Waals surface area contributed by atoms with Gasteiger partial charge in [0.05, 0.1) is 4.92 Å². The quantitative estimate of drug-likeness (QED) is 0.508. The standard InChI is InChI=1S/C16H20N4O4/c1-8(2)11-7-12(9(3)6-13(11)21)17-16(22)15-14(20(23)24)10(4)18-19(15)5/h6-8,21H,1-5H3,(H,17,22). The maximum Gasteiger partial charge on any atom is 0.322 e. The molecule has 0 fully saturated rings. The first-order valence-electron chi connectivity index (χ1n) is 7.46. The van der Waals surface area contributed by atoms with Crippen molar-refractivity contribution in [2.24, 2.45) is 7.05 Å². The van der Waals surface area contributed by atoms with Crippen LogP contribution in [0.3, 0.4) is 0 Å². The summed E-state index contributed by atoms with van der Waals surface area (Å²) in [7, 11) is 1.48. The second kappa shape index (κ2) is 6.31. The van der Waals surface area contributed by atoms with Crippen molar-refractivity contribution in [3.05, 3.63) is 44.8 Å². The fourth-order valence-corrected chi connectivity index (χ4v) is 2.61. The van der Waals surface area contributed by atoms with Crippen molar-refractivity contribution in [2.75, 3.05) is 5.32 Å². The number of benzene rings is 1. The molecule has 0 aliphatic carbocycles. The number of carbonyl (C=O) groups is 1. The fourth-order valence-electron chi connectivity index (χ4n) is 2.61. The second-order valence-electron chi connectivity index (χ2n) is 6.00. The number of rotatable bonds is 4. The molecule has 8 heteroatoms. The molecule has 1 aromatic heterocycles. The average molecular weight is 332 g/mol. The summed E-state index contributed by atoms with van der Waals surface area (Å²) in [6.45, 7) is 7.07. The van der Waals surface area contributed by atoms with Crippen LogP contribution in [-0.4, -0.2) is 25.7 Å². The van der Waals surface area contributed by atoms with Crippen molar-refractivity contribution >= 4 is 17.3 Å². The van der Waals surface area contributed by atoms with Gasteiger partial charge in [-0.3, -0.25) is 19.6 Å². The topological polar surface area (TPSA) is 110 Å². The highest BCUT2D eigenvalue weighted by atomic mass is 16.6. The molecule has 1 heterocycles. The predicted octanol–water partition coefficient (Wildman–Crippen LogP) is 3.03. The summed E-state index contributed by atoms with van der Waals surface area (Å²) in [5.74, 6) is -0.398. The predicted molar refractivity (Wildman–Crippen MR) is 89.5 cm³/mol. The number of nitrogens with zero attached hydrogens (tertiary/aromatic N) is 3. The number of amides is 1.